The van der Waals surface area contributed by atoms with Gasteiger partial charge >= 0.3 is 0 Å². The quantitative estimate of drug-likeness (QED) is 0.350. The molecule has 33 heavy (non-hydrogen) atoms. The molecule has 1 aromatic carbocycles. The van der Waals surface area contributed by atoms with Crippen LogP contribution in [0.4, 0.5) is 0 Å². The third-order valence-electron chi connectivity index (χ3n) is 6.06. The zero-order chi connectivity index (χ0) is 23.6. The highest BCUT2D eigenvalue weighted by atomic mass is 16.1. The number of rotatable bonds is 13. The molecule has 0 fully saturated rings. The summed E-state index contributed by atoms with van der Waals surface area (Å²) in [6.07, 6.45) is 10.7. The predicted octanol–water partition coefficient (Wildman–Crippen LogP) is 5.51. The Morgan fingerprint density at radius 1 is 1.03 bits per heavy atom. The normalized spacial score (nSPS) is 12.4. The first kappa shape index (κ1) is 24.9. The molecule has 1 N–H and O–H groups in total. The number of aromatic nitrogens is 3. The van der Waals surface area contributed by atoms with Crippen LogP contribution in [-0.4, -0.2) is 51.1 Å². The molecule has 3 aromatic rings. The number of amides is 1. The summed E-state index contributed by atoms with van der Waals surface area (Å²) in [6.45, 7) is 11.7. The van der Waals surface area contributed by atoms with E-state index in [9.17, 15) is 4.79 Å². The Balaban J connectivity index is 1.69. The van der Waals surface area contributed by atoms with Crippen LogP contribution < -0.4 is 5.32 Å². The molecule has 1 amide bonds. The zero-order valence-electron chi connectivity index (χ0n) is 20.7. The van der Waals surface area contributed by atoms with Crippen LogP contribution in [0.5, 0.6) is 0 Å². The van der Waals surface area contributed by atoms with Gasteiger partial charge in [-0.05, 0) is 45.8 Å². The van der Waals surface area contributed by atoms with Gasteiger partial charge < -0.3 is 10.2 Å². The SMILES string of the molecule is CCCCCN(CCCCC)CC(C)NC(=O)c1cnn2c(-c3ccc(C)cc3)ccnc12. The number of benzene rings is 1. The van der Waals surface area contributed by atoms with Crippen LogP contribution in [0.3, 0.4) is 0 Å². The Bertz CT molecular complexity index is 1000. The highest BCUT2D eigenvalue weighted by Crippen LogP contribution is 2.21. The summed E-state index contributed by atoms with van der Waals surface area (Å²) >= 11 is 0. The molecule has 1 unspecified atom stereocenters. The van der Waals surface area contributed by atoms with Crippen molar-refractivity contribution in [2.45, 2.75) is 72.3 Å². The van der Waals surface area contributed by atoms with E-state index >= 15 is 0 Å². The van der Waals surface area contributed by atoms with E-state index in [0.29, 0.717) is 11.2 Å². The summed E-state index contributed by atoms with van der Waals surface area (Å²) in [5.74, 6) is -0.117. The third-order valence-corrected chi connectivity index (χ3v) is 6.06. The first-order valence-electron chi connectivity index (χ1n) is 12.5. The number of carbonyl (C=O) groups excluding carboxylic acids is 1. The van der Waals surface area contributed by atoms with Gasteiger partial charge in [-0.2, -0.15) is 5.10 Å². The lowest BCUT2D eigenvalue weighted by atomic mass is 10.1. The summed E-state index contributed by atoms with van der Waals surface area (Å²) < 4.78 is 1.76. The second kappa shape index (κ2) is 12.5. The Morgan fingerprint density at radius 2 is 1.70 bits per heavy atom. The lowest BCUT2D eigenvalue weighted by Gasteiger charge is -2.26. The van der Waals surface area contributed by atoms with Crippen molar-refractivity contribution in [2.75, 3.05) is 19.6 Å². The predicted molar refractivity (Wildman–Crippen MR) is 136 cm³/mol. The van der Waals surface area contributed by atoms with Crippen LogP contribution in [0.15, 0.2) is 42.7 Å². The van der Waals surface area contributed by atoms with Crippen molar-refractivity contribution < 1.29 is 4.79 Å². The molecule has 0 saturated carbocycles. The average molecular weight is 450 g/mol. The van der Waals surface area contributed by atoms with Crippen molar-refractivity contribution in [2.24, 2.45) is 0 Å². The maximum absolute atomic E-state index is 13.1. The van der Waals surface area contributed by atoms with Gasteiger partial charge in [-0.25, -0.2) is 9.50 Å². The van der Waals surface area contributed by atoms with Crippen molar-refractivity contribution in [1.29, 1.82) is 0 Å². The van der Waals surface area contributed by atoms with Crippen molar-refractivity contribution >= 4 is 11.6 Å². The second-order valence-electron chi connectivity index (χ2n) is 9.08. The first-order chi connectivity index (χ1) is 16.0. The molecule has 0 bridgehead atoms. The Labute approximate surface area is 198 Å². The maximum Gasteiger partial charge on any atom is 0.257 e. The molecule has 3 rings (SSSR count). The van der Waals surface area contributed by atoms with Crippen molar-refractivity contribution in [3.05, 3.63) is 53.9 Å². The molecule has 0 saturated heterocycles. The fraction of sp³-hybridized carbons (Fsp3) is 0.519. The standard InChI is InChI=1S/C27H39N5O/c1-5-7-9-17-31(18-10-8-6-2)20-22(4)30-27(33)24-19-29-32-25(15-16-28-26(24)32)23-13-11-21(3)12-14-23/h11-16,19,22H,5-10,17-18,20H2,1-4H3,(H,30,33). The Kier molecular flexibility index (Phi) is 9.43. The number of aryl methyl sites for hydroxylation is 1. The molecule has 0 aliphatic heterocycles. The molecule has 0 aliphatic rings. The van der Waals surface area contributed by atoms with E-state index < -0.39 is 0 Å². The largest absolute Gasteiger partial charge is 0.348 e. The van der Waals surface area contributed by atoms with Crippen molar-refractivity contribution in [3.8, 4) is 11.3 Å². The van der Waals surface area contributed by atoms with Gasteiger partial charge in [-0.15, -0.1) is 0 Å². The maximum atomic E-state index is 13.1. The first-order valence-corrected chi connectivity index (χ1v) is 12.5. The molecular weight excluding hydrogens is 410 g/mol. The van der Waals surface area contributed by atoms with Crippen molar-refractivity contribution in [3.63, 3.8) is 0 Å². The molecule has 178 valence electrons. The van der Waals surface area contributed by atoms with Crippen LogP contribution in [-0.2, 0) is 0 Å². The van der Waals surface area contributed by atoms with E-state index in [1.165, 1.54) is 44.1 Å². The molecular formula is C27H39N5O. The van der Waals surface area contributed by atoms with Gasteiger partial charge in [-0.3, -0.25) is 4.79 Å². The van der Waals surface area contributed by atoms with Gasteiger partial charge in [0.15, 0.2) is 5.65 Å². The monoisotopic (exact) mass is 449 g/mol. The molecule has 0 radical (unpaired) electrons. The minimum absolute atomic E-state index is 0.0518. The van der Waals surface area contributed by atoms with Crippen LogP contribution in [0.25, 0.3) is 16.9 Å². The minimum atomic E-state index is -0.117. The summed E-state index contributed by atoms with van der Waals surface area (Å²) in [7, 11) is 0. The molecule has 2 aromatic heterocycles. The molecule has 0 spiro atoms. The van der Waals surface area contributed by atoms with E-state index in [2.05, 4.69) is 72.3 Å². The molecule has 6 nitrogen and oxygen atoms in total. The lowest BCUT2D eigenvalue weighted by Crippen LogP contribution is -2.42. The number of hydrogen-bond acceptors (Lipinski definition) is 4. The number of carbonyl (C=O) groups is 1. The second-order valence-corrected chi connectivity index (χ2v) is 9.08. The third kappa shape index (κ3) is 6.87. The van der Waals surface area contributed by atoms with Gasteiger partial charge in [-0.1, -0.05) is 69.4 Å². The number of nitrogens with zero attached hydrogens (tertiary/aromatic N) is 4. The molecule has 2 heterocycles. The van der Waals surface area contributed by atoms with E-state index in [0.717, 1.165) is 30.9 Å². The number of unbranched alkanes of at least 4 members (excludes halogenated alkanes) is 4. The van der Waals surface area contributed by atoms with Gasteiger partial charge in [0.25, 0.3) is 5.91 Å². The number of nitrogens with one attached hydrogen (secondary N) is 1. The lowest BCUT2D eigenvalue weighted by molar-refractivity contribution is 0.0930. The number of hydrogen-bond donors (Lipinski definition) is 1. The van der Waals surface area contributed by atoms with E-state index in [4.69, 9.17) is 0 Å². The average Bonchev–Trinajstić information content (AvgIpc) is 3.24. The summed E-state index contributed by atoms with van der Waals surface area (Å²) in [5, 5.41) is 7.67. The summed E-state index contributed by atoms with van der Waals surface area (Å²) in [6, 6.07) is 10.3. The topological polar surface area (TPSA) is 62.5 Å². The van der Waals surface area contributed by atoms with Crippen LogP contribution in [0, 0.1) is 6.92 Å². The molecule has 6 heteroatoms. The van der Waals surface area contributed by atoms with Gasteiger partial charge in [0.05, 0.1) is 11.9 Å². The Morgan fingerprint density at radius 3 is 2.33 bits per heavy atom. The van der Waals surface area contributed by atoms with Gasteiger partial charge in [0.2, 0.25) is 0 Å². The van der Waals surface area contributed by atoms with Crippen molar-refractivity contribution in [1.82, 2.24) is 24.8 Å². The zero-order valence-corrected chi connectivity index (χ0v) is 20.7. The van der Waals surface area contributed by atoms with E-state index in [-0.39, 0.29) is 11.9 Å². The van der Waals surface area contributed by atoms with E-state index in [1.807, 2.05) is 6.07 Å². The minimum Gasteiger partial charge on any atom is -0.348 e. The summed E-state index contributed by atoms with van der Waals surface area (Å²) in [4.78, 5) is 20.1. The highest BCUT2D eigenvalue weighted by molar-refractivity contribution is 6.00. The molecule has 1 atom stereocenters. The Hall–Kier alpha value is -2.73. The molecule has 0 aliphatic carbocycles. The highest BCUT2D eigenvalue weighted by Gasteiger charge is 2.19. The van der Waals surface area contributed by atoms with Gasteiger partial charge in [0, 0.05) is 24.3 Å². The smallest absolute Gasteiger partial charge is 0.257 e. The van der Waals surface area contributed by atoms with Crippen LogP contribution in [0.2, 0.25) is 0 Å². The van der Waals surface area contributed by atoms with E-state index in [1.54, 1.807) is 16.9 Å². The van der Waals surface area contributed by atoms with Crippen LogP contribution in [0.1, 0.15) is 75.2 Å². The number of fused-ring (bicyclic) bond motifs is 1. The summed E-state index contributed by atoms with van der Waals surface area (Å²) in [5.41, 5.74) is 4.27. The van der Waals surface area contributed by atoms with Gasteiger partial charge in [0.1, 0.15) is 5.56 Å². The fourth-order valence-corrected chi connectivity index (χ4v) is 4.19. The van der Waals surface area contributed by atoms with Crippen LogP contribution >= 0.6 is 0 Å². The fourth-order valence-electron chi connectivity index (χ4n) is 4.19.